The van der Waals surface area contributed by atoms with Crippen molar-refractivity contribution in [2.45, 2.75) is 0 Å². The Hall–Kier alpha value is -1.55. The van der Waals surface area contributed by atoms with Gasteiger partial charge in [0, 0.05) is 0 Å². The molecule has 0 saturated carbocycles. The Kier molecular flexibility index (Phi) is 1.90. The van der Waals surface area contributed by atoms with Crippen molar-refractivity contribution < 1.29 is 4.42 Å². The van der Waals surface area contributed by atoms with E-state index >= 15 is 0 Å². The molecule has 0 atom stereocenters. The van der Waals surface area contributed by atoms with Gasteiger partial charge in [-0.15, -0.1) is 0 Å². The fraction of sp³-hybridized carbons (Fsp3) is 0. The summed E-state index contributed by atoms with van der Waals surface area (Å²) in [6.07, 6.45) is 3.00. The van der Waals surface area contributed by atoms with Gasteiger partial charge < -0.3 is 10.2 Å². The molecule has 0 amide bonds. The van der Waals surface area contributed by atoms with Gasteiger partial charge in [-0.1, -0.05) is 0 Å². The largest absolute Gasteiger partial charge is 0.463 e. The molecule has 5 heteroatoms. The number of hydrogen-bond donors (Lipinski definition) is 1. The summed E-state index contributed by atoms with van der Waals surface area (Å²) in [6, 6.07) is 3.51. The van der Waals surface area contributed by atoms with E-state index in [1.807, 2.05) is 0 Å². The standard InChI is InChI=1S/C8H6ClN3O/c9-8-11-4-5(10)7(12-8)6-2-1-3-13-6/h1-4H,10H2. The molecule has 2 N–H and O–H groups in total. The van der Waals surface area contributed by atoms with E-state index in [4.69, 9.17) is 21.8 Å². The van der Waals surface area contributed by atoms with Gasteiger partial charge in [0.2, 0.25) is 5.28 Å². The normalized spacial score (nSPS) is 10.2. The lowest BCUT2D eigenvalue weighted by atomic mass is 10.3. The molecule has 0 spiro atoms. The summed E-state index contributed by atoms with van der Waals surface area (Å²) in [5.74, 6) is 0.585. The predicted octanol–water partition coefficient (Wildman–Crippen LogP) is 1.97. The Morgan fingerprint density at radius 3 is 3.00 bits per heavy atom. The van der Waals surface area contributed by atoms with Crippen molar-refractivity contribution in [3.63, 3.8) is 0 Å². The van der Waals surface area contributed by atoms with E-state index in [-0.39, 0.29) is 5.28 Å². The molecule has 0 saturated heterocycles. The lowest BCUT2D eigenvalue weighted by Gasteiger charge is -1.99. The minimum atomic E-state index is 0.153. The van der Waals surface area contributed by atoms with E-state index in [1.54, 1.807) is 18.4 Å². The molecular weight excluding hydrogens is 190 g/mol. The van der Waals surface area contributed by atoms with Crippen molar-refractivity contribution in [3.05, 3.63) is 29.9 Å². The average molecular weight is 196 g/mol. The van der Waals surface area contributed by atoms with Gasteiger partial charge in [0.05, 0.1) is 18.1 Å². The minimum absolute atomic E-state index is 0.153. The lowest BCUT2D eigenvalue weighted by Crippen LogP contribution is -1.94. The predicted molar refractivity (Wildman–Crippen MR) is 49.2 cm³/mol. The molecule has 2 aromatic heterocycles. The highest BCUT2D eigenvalue weighted by Crippen LogP contribution is 2.23. The molecule has 66 valence electrons. The summed E-state index contributed by atoms with van der Waals surface area (Å²) in [5.41, 5.74) is 6.60. The van der Waals surface area contributed by atoms with E-state index in [9.17, 15) is 0 Å². The van der Waals surface area contributed by atoms with Gasteiger partial charge in [-0.2, -0.15) is 0 Å². The first-order chi connectivity index (χ1) is 6.27. The van der Waals surface area contributed by atoms with Gasteiger partial charge in [-0.05, 0) is 23.7 Å². The van der Waals surface area contributed by atoms with Crippen LogP contribution in [0, 0.1) is 0 Å². The monoisotopic (exact) mass is 195 g/mol. The minimum Gasteiger partial charge on any atom is -0.463 e. The van der Waals surface area contributed by atoms with Crippen LogP contribution in [0.4, 0.5) is 5.69 Å². The van der Waals surface area contributed by atoms with Crippen molar-refractivity contribution in [3.8, 4) is 11.5 Å². The maximum atomic E-state index is 5.64. The highest BCUT2D eigenvalue weighted by Gasteiger charge is 2.07. The number of nitrogen functional groups attached to an aromatic ring is 1. The Labute approximate surface area is 79.4 Å². The van der Waals surface area contributed by atoms with Crippen LogP contribution in [0.3, 0.4) is 0 Å². The first-order valence-corrected chi connectivity index (χ1v) is 3.97. The van der Waals surface area contributed by atoms with Gasteiger partial charge in [-0.3, -0.25) is 0 Å². The van der Waals surface area contributed by atoms with E-state index < -0.39 is 0 Å². The molecular formula is C8H6ClN3O. The van der Waals surface area contributed by atoms with Crippen LogP contribution in [-0.4, -0.2) is 9.97 Å². The number of rotatable bonds is 1. The van der Waals surface area contributed by atoms with Crippen LogP contribution in [0.5, 0.6) is 0 Å². The highest BCUT2D eigenvalue weighted by atomic mass is 35.5. The van der Waals surface area contributed by atoms with Gasteiger partial charge in [0.1, 0.15) is 5.69 Å². The molecule has 0 bridgehead atoms. The van der Waals surface area contributed by atoms with Crippen molar-refractivity contribution in [1.82, 2.24) is 9.97 Å². The van der Waals surface area contributed by atoms with E-state index in [0.29, 0.717) is 17.1 Å². The van der Waals surface area contributed by atoms with Gasteiger partial charge in [-0.25, -0.2) is 9.97 Å². The van der Waals surface area contributed by atoms with Crippen LogP contribution in [0.15, 0.2) is 29.0 Å². The fourth-order valence-corrected chi connectivity index (χ4v) is 1.11. The van der Waals surface area contributed by atoms with Crippen LogP contribution in [0.1, 0.15) is 0 Å². The molecule has 0 fully saturated rings. The molecule has 2 rings (SSSR count). The molecule has 0 aliphatic rings. The summed E-state index contributed by atoms with van der Waals surface area (Å²) in [6.45, 7) is 0. The Balaban J connectivity index is 2.57. The Bertz CT molecular complexity index is 413. The summed E-state index contributed by atoms with van der Waals surface area (Å²) >= 11 is 5.61. The number of hydrogen-bond acceptors (Lipinski definition) is 4. The van der Waals surface area contributed by atoms with Gasteiger partial charge >= 0.3 is 0 Å². The molecule has 2 aromatic rings. The quantitative estimate of drug-likeness (QED) is 0.707. The third-order valence-electron chi connectivity index (χ3n) is 1.54. The van der Waals surface area contributed by atoms with Crippen LogP contribution < -0.4 is 5.73 Å². The SMILES string of the molecule is Nc1cnc(Cl)nc1-c1ccco1. The number of aromatic nitrogens is 2. The van der Waals surface area contributed by atoms with Crippen LogP contribution >= 0.6 is 11.6 Å². The van der Waals surface area contributed by atoms with Crippen LogP contribution in [-0.2, 0) is 0 Å². The summed E-state index contributed by atoms with van der Waals surface area (Å²) in [4.78, 5) is 7.69. The molecule has 0 aliphatic heterocycles. The average Bonchev–Trinajstić information content (AvgIpc) is 2.61. The highest BCUT2D eigenvalue weighted by molar-refractivity contribution is 6.28. The number of nitrogens with zero attached hydrogens (tertiary/aromatic N) is 2. The van der Waals surface area contributed by atoms with Crippen molar-refractivity contribution in [1.29, 1.82) is 0 Å². The molecule has 0 radical (unpaired) electrons. The van der Waals surface area contributed by atoms with Gasteiger partial charge in [0.15, 0.2) is 5.76 Å². The topological polar surface area (TPSA) is 64.9 Å². The third-order valence-corrected chi connectivity index (χ3v) is 1.72. The van der Waals surface area contributed by atoms with Crippen molar-refractivity contribution in [2.75, 3.05) is 5.73 Å². The molecule has 0 unspecified atom stereocenters. The maximum Gasteiger partial charge on any atom is 0.223 e. The van der Waals surface area contributed by atoms with Gasteiger partial charge in [0.25, 0.3) is 0 Å². The van der Waals surface area contributed by atoms with Crippen molar-refractivity contribution >= 4 is 17.3 Å². The molecule has 0 aromatic carbocycles. The summed E-state index contributed by atoms with van der Waals surface area (Å²) in [7, 11) is 0. The first kappa shape index (κ1) is 8.07. The molecule has 2 heterocycles. The zero-order valence-electron chi connectivity index (χ0n) is 6.57. The number of furan rings is 1. The lowest BCUT2D eigenvalue weighted by molar-refractivity contribution is 0.580. The second-order valence-electron chi connectivity index (χ2n) is 2.42. The fourth-order valence-electron chi connectivity index (χ4n) is 0.980. The molecule has 4 nitrogen and oxygen atoms in total. The van der Waals surface area contributed by atoms with E-state index in [1.165, 1.54) is 6.20 Å². The maximum absolute atomic E-state index is 5.64. The van der Waals surface area contributed by atoms with E-state index in [2.05, 4.69) is 9.97 Å². The third kappa shape index (κ3) is 1.48. The Morgan fingerprint density at radius 1 is 1.46 bits per heavy atom. The first-order valence-electron chi connectivity index (χ1n) is 3.59. The summed E-state index contributed by atoms with van der Waals surface area (Å²) in [5, 5.41) is 0.153. The number of nitrogens with two attached hydrogens (primary N) is 1. The van der Waals surface area contributed by atoms with E-state index in [0.717, 1.165) is 0 Å². The zero-order valence-corrected chi connectivity index (χ0v) is 7.32. The number of halogens is 1. The summed E-state index contributed by atoms with van der Waals surface area (Å²) < 4.78 is 5.13. The second-order valence-corrected chi connectivity index (χ2v) is 2.76. The van der Waals surface area contributed by atoms with Crippen molar-refractivity contribution in [2.24, 2.45) is 0 Å². The molecule has 0 aliphatic carbocycles. The van der Waals surface area contributed by atoms with Crippen LogP contribution in [0.25, 0.3) is 11.5 Å². The Morgan fingerprint density at radius 2 is 2.31 bits per heavy atom. The zero-order chi connectivity index (χ0) is 9.26. The smallest absolute Gasteiger partial charge is 0.223 e. The number of anilines is 1. The second kappa shape index (κ2) is 3.06. The molecule has 13 heavy (non-hydrogen) atoms. The van der Waals surface area contributed by atoms with Crippen LogP contribution in [0.2, 0.25) is 5.28 Å².